The van der Waals surface area contributed by atoms with Gasteiger partial charge in [0, 0.05) is 19.0 Å². The fraction of sp³-hybridized carbons (Fsp3) is 0.333. The van der Waals surface area contributed by atoms with Gasteiger partial charge in [-0.25, -0.2) is 0 Å². The first kappa shape index (κ1) is 19.5. The SMILES string of the molecule is CCOc1ccccc1NC(=O)[C@H]1CC(=O)N(c2cc(OC)ccc2OC)C1. The van der Waals surface area contributed by atoms with E-state index >= 15 is 0 Å². The van der Waals surface area contributed by atoms with Gasteiger partial charge in [0.05, 0.1) is 38.1 Å². The molecule has 1 heterocycles. The third kappa shape index (κ3) is 4.03. The fourth-order valence-electron chi connectivity index (χ4n) is 3.21. The van der Waals surface area contributed by atoms with Gasteiger partial charge in [0.1, 0.15) is 17.2 Å². The van der Waals surface area contributed by atoms with E-state index in [4.69, 9.17) is 14.2 Å². The molecule has 0 radical (unpaired) electrons. The van der Waals surface area contributed by atoms with Crippen LogP contribution >= 0.6 is 0 Å². The number of hydrogen-bond donors (Lipinski definition) is 1. The zero-order valence-corrected chi connectivity index (χ0v) is 16.2. The molecule has 1 saturated heterocycles. The molecule has 1 fully saturated rings. The summed E-state index contributed by atoms with van der Waals surface area (Å²) < 4.78 is 16.2. The summed E-state index contributed by atoms with van der Waals surface area (Å²) in [6.07, 6.45) is 0.128. The Morgan fingerprint density at radius 2 is 1.93 bits per heavy atom. The predicted molar refractivity (Wildman–Crippen MR) is 106 cm³/mol. The van der Waals surface area contributed by atoms with E-state index in [9.17, 15) is 9.59 Å². The van der Waals surface area contributed by atoms with Gasteiger partial charge in [0.2, 0.25) is 11.8 Å². The average molecular weight is 384 g/mol. The molecule has 148 valence electrons. The van der Waals surface area contributed by atoms with Crippen molar-refractivity contribution in [1.82, 2.24) is 0 Å². The predicted octanol–water partition coefficient (Wildman–Crippen LogP) is 3.09. The second-order valence-corrected chi connectivity index (χ2v) is 6.36. The van der Waals surface area contributed by atoms with E-state index in [-0.39, 0.29) is 24.8 Å². The molecule has 0 saturated carbocycles. The van der Waals surface area contributed by atoms with Gasteiger partial charge >= 0.3 is 0 Å². The van der Waals surface area contributed by atoms with E-state index in [1.54, 1.807) is 49.5 Å². The highest BCUT2D eigenvalue weighted by atomic mass is 16.5. The van der Waals surface area contributed by atoms with Crippen LogP contribution in [-0.4, -0.2) is 39.2 Å². The molecule has 0 spiro atoms. The maximum absolute atomic E-state index is 12.8. The van der Waals surface area contributed by atoms with Crippen LogP contribution in [0, 0.1) is 5.92 Å². The Labute approximate surface area is 164 Å². The van der Waals surface area contributed by atoms with E-state index in [2.05, 4.69) is 5.32 Å². The quantitative estimate of drug-likeness (QED) is 0.794. The van der Waals surface area contributed by atoms with Crippen molar-refractivity contribution in [2.75, 3.05) is 37.6 Å². The fourth-order valence-corrected chi connectivity index (χ4v) is 3.21. The highest BCUT2D eigenvalue weighted by molar-refractivity contribution is 6.04. The van der Waals surface area contributed by atoms with Crippen LogP contribution in [0.2, 0.25) is 0 Å². The number of amides is 2. The van der Waals surface area contributed by atoms with E-state index in [1.807, 2.05) is 19.1 Å². The van der Waals surface area contributed by atoms with Crippen LogP contribution in [0.4, 0.5) is 11.4 Å². The van der Waals surface area contributed by atoms with E-state index in [0.717, 1.165) is 0 Å². The molecule has 1 aliphatic rings. The number of ether oxygens (including phenoxy) is 3. The molecule has 2 amide bonds. The molecular formula is C21H24N2O5. The maximum Gasteiger partial charge on any atom is 0.229 e. The van der Waals surface area contributed by atoms with Gasteiger partial charge in [0.15, 0.2) is 0 Å². The van der Waals surface area contributed by atoms with E-state index < -0.39 is 5.92 Å². The van der Waals surface area contributed by atoms with Crippen LogP contribution in [0.15, 0.2) is 42.5 Å². The minimum absolute atomic E-state index is 0.128. The number of para-hydroxylation sites is 2. The molecule has 0 bridgehead atoms. The molecular weight excluding hydrogens is 360 g/mol. The smallest absolute Gasteiger partial charge is 0.229 e. The van der Waals surface area contributed by atoms with Crippen molar-refractivity contribution in [2.24, 2.45) is 5.92 Å². The number of carbonyl (C=O) groups excluding carboxylic acids is 2. The lowest BCUT2D eigenvalue weighted by molar-refractivity contribution is -0.122. The molecule has 0 aromatic heterocycles. The van der Waals surface area contributed by atoms with Gasteiger partial charge in [-0.3, -0.25) is 9.59 Å². The van der Waals surface area contributed by atoms with E-state index in [1.165, 1.54) is 0 Å². The van der Waals surface area contributed by atoms with Crippen molar-refractivity contribution < 1.29 is 23.8 Å². The summed E-state index contributed by atoms with van der Waals surface area (Å²) in [7, 11) is 3.10. The number of carbonyl (C=O) groups is 2. The Kier molecular flexibility index (Phi) is 6.03. The lowest BCUT2D eigenvalue weighted by Gasteiger charge is -2.20. The van der Waals surface area contributed by atoms with Crippen LogP contribution in [0.25, 0.3) is 0 Å². The van der Waals surface area contributed by atoms with Gasteiger partial charge in [0.25, 0.3) is 0 Å². The molecule has 0 unspecified atom stereocenters. The molecule has 3 rings (SSSR count). The number of rotatable bonds is 7. The van der Waals surface area contributed by atoms with Crippen LogP contribution < -0.4 is 24.4 Å². The van der Waals surface area contributed by atoms with Crippen molar-refractivity contribution in [1.29, 1.82) is 0 Å². The minimum atomic E-state index is -0.474. The van der Waals surface area contributed by atoms with Gasteiger partial charge in [-0.1, -0.05) is 12.1 Å². The van der Waals surface area contributed by atoms with Crippen LogP contribution in [0.1, 0.15) is 13.3 Å². The summed E-state index contributed by atoms with van der Waals surface area (Å²) in [6.45, 7) is 2.65. The Balaban J connectivity index is 1.77. The minimum Gasteiger partial charge on any atom is -0.497 e. The molecule has 28 heavy (non-hydrogen) atoms. The second-order valence-electron chi connectivity index (χ2n) is 6.36. The first-order valence-electron chi connectivity index (χ1n) is 9.12. The van der Waals surface area contributed by atoms with Crippen molar-refractivity contribution in [2.45, 2.75) is 13.3 Å². The molecule has 7 heteroatoms. The summed E-state index contributed by atoms with van der Waals surface area (Å²) in [6, 6.07) is 12.5. The first-order valence-corrected chi connectivity index (χ1v) is 9.12. The monoisotopic (exact) mass is 384 g/mol. The summed E-state index contributed by atoms with van der Waals surface area (Å²) >= 11 is 0. The molecule has 1 aliphatic heterocycles. The Morgan fingerprint density at radius 1 is 1.14 bits per heavy atom. The lowest BCUT2D eigenvalue weighted by atomic mass is 10.1. The third-order valence-electron chi connectivity index (χ3n) is 4.62. The highest BCUT2D eigenvalue weighted by Gasteiger charge is 2.36. The van der Waals surface area contributed by atoms with Gasteiger partial charge in [-0.15, -0.1) is 0 Å². The Bertz CT molecular complexity index is 868. The van der Waals surface area contributed by atoms with Crippen LogP contribution in [-0.2, 0) is 9.59 Å². The van der Waals surface area contributed by atoms with Gasteiger partial charge in [-0.05, 0) is 31.2 Å². The number of nitrogens with zero attached hydrogens (tertiary/aromatic N) is 1. The molecule has 2 aromatic rings. The van der Waals surface area contributed by atoms with Crippen molar-refractivity contribution in [3.05, 3.63) is 42.5 Å². The summed E-state index contributed by atoms with van der Waals surface area (Å²) in [5, 5.41) is 2.88. The Morgan fingerprint density at radius 3 is 2.64 bits per heavy atom. The van der Waals surface area contributed by atoms with Crippen molar-refractivity contribution in [3.8, 4) is 17.2 Å². The summed E-state index contributed by atoms with van der Waals surface area (Å²) in [5.41, 5.74) is 1.19. The van der Waals surface area contributed by atoms with Crippen LogP contribution in [0.5, 0.6) is 17.2 Å². The van der Waals surface area contributed by atoms with Gasteiger partial charge < -0.3 is 24.4 Å². The average Bonchev–Trinajstić information content (AvgIpc) is 3.10. The molecule has 7 nitrogen and oxygen atoms in total. The van der Waals surface area contributed by atoms with Gasteiger partial charge in [-0.2, -0.15) is 0 Å². The molecule has 0 aliphatic carbocycles. The second kappa shape index (κ2) is 8.65. The zero-order chi connectivity index (χ0) is 20.1. The standard InChI is InChI=1S/C21H24N2O5/c1-4-28-18-8-6-5-7-16(18)22-21(25)14-11-20(24)23(13-14)17-12-15(26-2)9-10-19(17)27-3/h5-10,12,14H,4,11,13H2,1-3H3,(H,22,25)/t14-/m0/s1. The molecule has 1 atom stereocenters. The number of hydrogen-bond acceptors (Lipinski definition) is 5. The van der Waals surface area contributed by atoms with Crippen LogP contribution in [0.3, 0.4) is 0 Å². The number of benzene rings is 2. The topological polar surface area (TPSA) is 77.1 Å². The molecule has 2 aromatic carbocycles. The Hall–Kier alpha value is -3.22. The first-order chi connectivity index (χ1) is 13.6. The largest absolute Gasteiger partial charge is 0.497 e. The summed E-state index contributed by atoms with van der Waals surface area (Å²) in [4.78, 5) is 26.9. The number of methoxy groups -OCH3 is 2. The maximum atomic E-state index is 12.8. The van der Waals surface area contributed by atoms with E-state index in [0.29, 0.717) is 35.2 Å². The molecule has 1 N–H and O–H groups in total. The summed E-state index contributed by atoms with van der Waals surface area (Å²) in [5.74, 6) is 0.945. The zero-order valence-electron chi connectivity index (χ0n) is 16.2. The highest BCUT2D eigenvalue weighted by Crippen LogP contribution is 2.36. The normalized spacial score (nSPS) is 16.0. The van der Waals surface area contributed by atoms with Crippen molar-refractivity contribution >= 4 is 23.2 Å². The number of anilines is 2. The van der Waals surface area contributed by atoms with Crippen molar-refractivity contribution in [3.63, 3.8) is 0 Å². The lowest BCUT2D eigenvalue weighted by Crippen LogP contribution is -2.28. The number of nitrogens with one attached hydrogen (secondary N) is 1. The third-order valence-corrected chi connectivity index (χ3v) is 4.62.